The standard InChI is InChI=1S/C13H22N2O4S/c1-9-4-3-5-15(6-9)12(17)8-20-7-11(13(18)19)14-10(2)16/h9,11H,3-8H2,1-2H3,(H,14,16)(H,18,19). The molecule has 0 radical (unpaired) electrons. The Morgan fingerprint density at radius 1 is 1.45 bits per heavy atom. The summed E-state index contributed by atoms with van der Waals surface area (Å²) in [6.07, 6.45) is 2.18. The van der Waals surface area contributed by atoms with Gasteiger partial charge in [-0.25, -0.2) is 4.79 Å². The van der Waals surface area contributed by atoms with Gasteiger partial charge in [0.25, 0.3) is 0 Å². The molecule has 1 aliphatic rings. The predicted molar refractivity (Wildman–Crippen MR) is 77.5 cm³/mol. The summed E-state index contributed by atoms with van der Waals surface area (Å²) < 4.78 is 0. The summed E-state index contributed by atoms with van der Waals surface area (Å²) in [5.74, 6) is -0.418. The topological polar surface area (TPSA) is 86.7 Å². The Labute approximate surface area is 123 Å². The van der Waals surface area contributed by atoms with E-state index in [-0.39, 0.29) is 23.3 Å². The minimum Gasteiger partial charge on any atom is -0.480 e. The molecule has 2 atom stereocenters. The minimum atomic E-state index is -1.08. The zero-order valence-electron chi connectivity index (χ0n) is 11.9. The van der Waals surface area contributed by atoms with Crippen LogP contribution in [0, 0.1) is 5.92 Å². The second-order valence-corrected chi connectivity index (χ2v) is 6.22. The molecule has 2 unspecified atom stereocenters. The van der Waals surface area contributed by atoms with Gasteiger partial charge in [-0.2, -0.15) is 0 Å². The highest BCUT2D eigenvalue weighted by Gasteiger charge is 2.22. The normalized spacial score (nSPS) is 20.3. The van der Waals surface area contributed by atoms with Gasteiger partial charge in [0, 0.05) is 25.8 Å². The molecule has 20 heavy (non-hydrogen) atoms. The molecule has 0 aromatic carbocycles. The number of thioether (sulfide) groups is 1. The lowest BCUT2D eigenvalue weighted by atomic mass is 10.0. The number of likely N-dealkylation sites (tertiary alicyclic amines) is 1. The van der Waals surface area contributed by atoms with Gasteiger partial charge in [-0.05, 0) is 18.8 Å². The van der Waals surface area contributed by atoms with Gasteiger partial charge in [-0.15, -0.1) is 11.8 Å². The fourth-order valence-corrected chi connectivity index (χ4v) is 3.13. The molecule has 1 aliphatic heterocycles. The Morgan fingerprint density at radius 2 is 2.15 bits per heavy atom. The first kappa shape index (κ1) is 16.8. The van der Waals surface area contributed by atoms with Crippen LogP contribution in [0.2, 0.25) is 0 Å². The van der Waals surface area contributed by atoms with Gasteiger partial charge in [0.1, 0.15) is 6.04 Å². The van der Waals surface area contributed by atoms with E-state index in [4.69, 9.17) is 5.11 Å². The minimum absolute atomic E-state index is 0.0495. The predicted octanol–water partition coefficient (Wildman–Crippen LogP) is 0.567. The highest BCUT2D eigenvalue weighted by atomic mass is 32.2. The number of piperidine rings is 1. The number of nitrogens with zero attached hydrogens (tertiary/aromatic N) is 1. The maximum absolute atomic E-state index is 12.0. The lowest BCUT2D eigenvalue weighted by Crippen LogP contribution is -2.42. The van der Waals surface area contributed by atoms with Gasteiger partial charge in [0.15, 0.2) is 0 Å². The summed E-state index contributed by atoms with van der Waals surface area (Å²) >= 11 is 1.25. The molecule has 7 heteroatoms. The van der Waals surface area contributed by atoms with Crippen LogP contribution in [-0.2, 0) is 14.4 Å². The van der Waals surface area contributed by atoms with Crippen molar-refractivity contribution in [1.82, 2.24) is 10.2 Å². The van der Waals surface area contributed by atoms with E-state index in [0.29, 0.717) is 5.92 Å². The van der Waals surface area contributed by atoms with E-state index in [9.17, 15) is 14.4 Å². The lowest BCUT2D eigenvalue weighted by molar-refractivity contribution is -0.140. The van der Waals surface area contributed by atoms with Gasteiger partial charge in [0.2, 0.25) is 11.8 Å². The number of rotatable bonds is 6. The number of hydrogen-bond donors (Lipinski definition) is 2. The Morgan fingerprint density at radius 3 is 2.70 bits per heavy atom. The van der Waals surface area contributed by atoms with Crippen LogP contribution < -0.4 is 5.32 Å². The first-order valence-corrected chi connectivity index (χ1v) is 7.91. The molecular weight excluding hydrogens is 280 g/mol. The van der Waals surface area contributed by atoms with Crippen molar-refractivity contribution in [2.45, 2.75) is 32.7 Å². The van der Waals surface area contributed by atoms with Gasteiger partial charge in [0.05, 0.1) is 5.75 Å². The third kappa shape index (κ3) is 5.81. The summed E-state index contributed by atoms with van der Waals surface area (Å²) in [7, 11) is 0. The van der Waals surface area contributed by atoms with Gasteiger partial charge in [-0.1, -0.05) is 6.92 Å². The molecular formula is C13H22N2O4S. The van der Waals surface area contributed by atoms with E-state index in [1.165, 1.54) is 18.7 Å². The third-order valence-corrected chi connectivity index (χ3v) is 4.22. The number of amides is 2. The average Bonchev–Trinajstić information content (AvgIpc) is 2.36. The van der Waals surface area contributed by atoms with E-state index in [0.717, 1.165) is 25.9 Å². The van der Waals surface area contributed by atoms with Crippen LogP contribution in [0.3, 0.4) is 0 Å². The number of hydrogen-bond acceptors (Lipinski definition) is 4. The molecule has 0 aromatic rings. The van der Waals surface area contributed by atoms with Crippen molar-refractivity contribution >= 4 is 29.5 Å². The van der Waals surface area contributed by atoms with Crippen molar-refractivity contribution in [3.05, 3.63) is 0 Å². The van der Waals surface area contributed by atoms with E-state index in [1.807, 2.05) is 4.90 Å². The second-order valence-electron chi connectivity index (χ2n) is 5.19. The summed E-state index contributed by atoms with van der Waals surface area (Å²) in [6, 6.07) is -0.939. The molecule has 2 N–H and O–H groups in total. The molecule has 0 saturated carbocycles. The molecule has 1 fully saturated rings. The fraction of sp³-hybridized carbons (Fsp3) is 0.769. The Hall–Kier alpha value is -1.24. The van der Waals surface area contributed by atoms with E-state index in [2.05, 4.69) is 12.2 Å². The van der Waals surface area contributed by atoms with Crippen LogP contribution in [0.15, 0.2) is 0 Å². The zero-order chi connectivity index (χ0) is 15.1. The summed E-state index contributed by atoms with van der Waals surface area (Å²) in [5.41, 5.74) is 0. The summed E-state index contributed by atoms with van der Waals surface area (Å²) in [4.78, 5) is 35.6. The molecule has 114 valence electrons. The average molecular weight is 302 g/mol. The van der Waals surface area contributed by atoms with Crippen LogP contribution >= 0.6 is 11.8 Å². The van der Waals surface area contributed by atoms with Crippen molar-refractivity contribution in [1.29, 1.82) is 0 Å². The monoisotopic (exact) mass is 302 g/mol. The number of nitrogens with one attached hydrogen (secondary N) is 1. The number of carbonyl (C=O) groups is 3. The molecule has 0 bridgehead atoms. The first-order valence-electron chi connectivity index (χ1n) is 6.75. The van der Waals surface area contributed by atoms with Crippen molar-refractivity contribution in [2.75, 3.05) is 24.6 Å². The SMILES string of the molecule is CC(=O)NC(CSCC(=O)N1CCCC(C)C1)C(=O)O. The van der Waals surface area contributed by atoms with Crippen molar-refractivity contribution in [2.24, 2.45) is 5.92 Å². The smallest absolute Gasteiger partial charge is 0.327 e. The highest BCUT2D eigenvalue weighted by molar-refractivity contribution is 8.00. The largest absolute Gasteiger partial charge is 0.480 e. The van der Waals surface area contributed by atoms with Gasteiger partial charge in [-0.3, -0.25) is 9.59 Å². The quantitative estimate of drug-likeness (QED) is 0.749. The first-order chi connectivity index (χ1) is 9.40. The second kappa shape index (κ2) is 8.14. The molecule has 6 nitrogen and oxygen atoms in total. The van der Waals surface area contributed by atoms with Gasteiger partial charge >= 0.3 is 5.97 Å². The highest BCUT2D eigenvalue weighted by Crippen LogP contribution is 2.16. The van der Waals surface area contributed by atoms with E-state index >= 15 is 0 Å². The third-order valence-electron chi connectivity index (χ3n) is 3.20. The zero-order valence-corrected chi connectivity index (χ0v) is 12.7. The van der Waals surface area contributed by atoms with E-state index < -0.39 is 12.0 Å². The van der Waals surface area contributed by atoms with Crippen LogP contribution in [0.5, 0.6) is 0 Å². The molecule has 0 aliphatic carbocycles. The lowest BCUT2D eigenvalue weighted by Gasteiger charge is -2.31. The summed E-state index contributed by atoms with van der Waals surface area (Å²) in [6.45, 7) is 4.98. The van der Waals surface area contributed by atoms with Crippen LogP contribution in [0.1, 0.15) is 26.7 Å². The molecule has 2 amide bonds. The number of aliphatic carboxylic acids is 1. The van der Waals surface area contributed by atoms with E-state index in [1.54, 1.807) is 0 Å². The number of carboxylic acids is 1. The maximum atomic E-state index is 12.0. The van der Waals surface area contributed by atoms with Crippen LogP contribution in [0.25, 0.3) is 0 Å². The Balaban J connectivity index is 2.32. The molecule has 0 spiro atoms. The van der Waals surface area contributed by atoms with Crippen LogP contribution in [-0.4, -0.2) is 58.4 Å². The summed E-state index contributed by atoms with van der Waals surface area (Å²) in [5, 5.41) is 11.3. The Kier molecular flexibility index (Phi) is 6.84. The van der Waals surface area contributed by atoms with Crippen molar-refractivity contribution < 1.29 is 19.5 Å². The molecule has 1 saturated heterocycles. The van der Waals surface area contributed by atoms with Crippen molar-refractivity contribution in [3.8, 4) is 0 Å². The Bertz CT molecular complexity index is 375. The number of carboxylic acid groups (broad SMARTS) is 1. The molecule has 0 aromatic heterocycles. The molecule has 1 rings (SSSR count). The van der Waals surface area contributed by atoms with Crippen molar-refractivity contribution in [3.63, 3.8) is 0 Å². The maximum Gasteiger partial charge on any atom is 0.327 e. The van der Waals surface area contributed by atoms with Crippen LogP contribution in [0.4, 0.5) is 0 Å². The van der Waals surface area contributed by atoms with Gasteiger partial charge < -0.3 is 15.3 Å². The molecule has 1 heterocycles. The fourth-order valence-electron chi connectivity index (χ4n) is 2.19. The number of carbonyl (C=O) groups excluding carboxylic acids is 2.